The number of aromatic carboxylic acids is 1. The molecule has 0 aliphatic heterocycles. The molecule has 0 aromatic heterocycles. The first kappa shape index (κ1) is 35.7. The predicted molar refractivity (Wildman–Crippen MR) is 176 cm³/mol. The van der Waals surface area contributed by atoms with Crippen LogP contribution in [0.4, 0.5) is 0 Å². The van der Waals surface area contributed by atoms with Crippen LogP contribution in [0.1, 0.15) is 128 Å². The maximum absolute atomic E-state index is 10.5. The van der Waals surface area contributed by atoms with Crippen molar-refractivity contribution in [1.29, 1.82) is 0 Å². The molecule has 224 valence electrons. The number of aryl methyl sites for hydroxylation is 2. The second kappa shape index (κ2) is 18.9. The van der Waals surface area contributed by atoms with Gasteiger partial charge in [0.05, 0.1) is 5.56 Å². The van der Waals surface area contributed by atoms with Crippen molar-refractivity contribution < 1.29 is 9.90 Å². The average Bonchev–Trinajstić information content (AvgIpc) is 3.53. The van der Waals surface area contributed by atoms with Crippen LogP contribution in [0.15, 0.2) is 65.8 Å². The Labute approximate surface area is 247 Å². The van der Waals surface area contributed by atoms with Gasteiger partial charge >= 0.3 is 5.97 Å². The zero-order chi connectivity index (χ0) is 30.2. The van der Waals surface area contributed by atoms with Gasteiger partial charge in [-0.15, -0.1) is 6.58 Å². The van der Waals surface area contributed by atoms with E-state index in [9.17, 15) is 4.79 Å². The topological polar surface area (TPSA) is 37.3 Å². The van der Waals surface area contributed by atoms with Gasteiger partial charge in [-0.2, -0.15) is 0 Å². The summed E-state index contributed by atoms with van der Waals surface area (Å²) < 4.78 is 0. The Morgan fingerprint density at radius 2 is 1.38 bits per heavy atom. The molecule has 2 bridgehead atoms. The van der Waals surface area contributed by atoms with Gasteiger partial charge in [-0.3, -0.25) is 0 Å². The quantitative estimate of drug-likeness (QED) is 0.373. The third-order valence-corrected chi connectivity index (χ3v) is 9.20. The van der Waals surface area contributed by atoms with Crippen LogP contribution >= 0.6 is 0 Å². The van der Waals surface area contributed by atoms with Gasteiger partial charge in [-0.1, -0.05) is 74.8 Å². The van der Waals surface area contributed by atoms with Crippen LogP contribution < -0.4 is 0 Å². The van der Waals surface area contributed by atoms with Crippen molar-refractivity contribution in [2.24, 2.45) is 29.6 Å². The van der Waals surface area contributed by atoms with Gasteiger partial charge in [-0.25, -0.2) is 4.79 Å². The van der Waals surface area contributed by atoms with Crippen LogP contribution in [0.3, 0.4) is 0 Å². The molecule has 0 amide bonds. The molecule has 0 heterocycles. The molecule has 5 atom stereocenters. The fraction of sp³-hybridized carbons (Fsp3) is 0.605. The van der Waals surface area contributed by atoms with Gasteiger partial charge < -0.3 is 5.11 Å². The lowest BCUT2D eigenvalue weighted by Crippen LogP contribution is -2.08. The number of carbonyl (C=O) groups is 1. The van der Waals surface area contributed by atoms with E-state index in [4.69, 9.17) is 5.11 Å². The van der Waals surface area contributed by atoms with Crippen LogP contribution in [0, 0.1) is 43.4 Å². The zero-order valence-electron chi connectivity index (χ0n) is 27.4. The molecule has 0 spiro atoms. The summed E-state index contributed by atoms with van der Waals surface area (Å²) in [5.74, 6) is 3.88. The minimum atomic E-state index is -0.867. The predicted octanol–water partition coefficient (Wildman–Crippen LogP) is 11.7. The van der Waals surface area contributed by atoms with E-state index in [0.717, 1.165) is 47.1 Å². The summed E-state index contributed by atoms with van der Waals surface area (Å²) >= 11 is 0. The highest BCUT2D eigenvalue weighted by Gasteiger charge is 2.32. The van der Waals surface area contributed by atoms with Crippen molar-refractivity contribution in [2.45, 2.75) is 120 Å². The van der Waals surface area contributed by atoms with Gasteiger partial charge in [0.25, 0.3) is 0 Å². The number of rotatable bonds is 2. The van der Waals surface area contributed by atoms with E-state index in [-0.39, 0.29) is 0 Å². The number of hydrogen-bond donors (Lipinski definition) is 1. The second-order valence-corrected chi connectivity index (χ2v) is 12.8. The maximum atomic E-state index is 10.5. The summed E-state index contributed by atoms with van der Waals surface area (Å²) in [6.07, 6.45) is 21.5. The molecule has 1 fully saturated rings. The van der Waals surface area contributed by atoms with Crippen molar-refractivity contribution >= 4 is 5.97 Å². The third kappa shape index (κ3) is 13.8. The fourth-order valence-electron chi connectivity index (χ4n) is 5.22. The SMILES string of the molecule is C=C(C)CC.CC1=C(C)CCCC1.CC1CC2C=CC1C2.CC1CC=CCC1C.Cc1ccc(C(=O)O)cc1C. The lowest BCUT2D eigenvalue weighted by atomic mass is 9.86. The monoisotopic (exact) mass is 548 g/mol. The molecule has 2 nitrogen and oxygen atoms in total. The van der Waals surface area contributed by atoms with Gasteiger partial charge in [0.2, 0.25) is 0 Å². The molecule has 1 aromatic carbocycles. The Morgan fingerprint density at radius 3 is 1.65 bits per heavy atom. The fourth-order valence-corrected chi connectivity index (χ4v) is 5.22. The number of fused-ring (bicyclic) bond motifs is 2. The lowest BCUT2D eigenvalue weighted by molar-refractivity contribution is 0.0696. The number of allylic oxidation sites excluding steroid dienone is 7. The number of benzene rings is 1. The normalized spacial score (nSPS) is 25.7. The summed E-state index contributed by atoms with van der Waals surface area (Å²) in [4.78, 5) is 10.5. The number of carboxylic acids is 1. The number of hydrogen-bond acceptors (Lipinski definition) is 1. The molecule has 1 aromatic rings. The molecule has 1 saturated carbocycles. The molecule has 2 heteroatoms. The van der Waals surface area contributed by atoms with Crippen molar-refractivity contribution in [2.75, 3.05) is 0 Å². The molecule has 5 unspecified atom stereocenters. The van der Waals surface area contributed by atoms with Crippen molar-refractivity contribution in [3.63, 3.8) is 0 Å². The van der Waals surface area contributed by atoms with E-state index in [0.29, 0.717) is 5.56 Å². The molecule has 0 radical (unpaired) electrons. The Kier molecular flexibility index (Phi) is 16.9. The highest BCUT2D eigenvalue weighted by atomic mass is 16.4. The largest absolute Gasteiger partial charge is 0.478 e. The van der Waals surface area contributed by atoms with E-state index in [1.54, 1.807) is 23.3 Å². The van der Waals surface area contributed by atoms with Crippen LogP contribution in [0.2, 0.25) is 0 Å². The number of carboxylic acid groups (broad SMARTS) is 1. The van der Waals surface area contributed by atoms with E-state index in [1.807, 2.05) is 26.8 Å². The first-order valence-corrected chi connectivity index (χ1v) is 15.8. The highest BCUT2D eigenvalue weighted by Crippen LogP contribution is 2.42. The summed E-state index contributed by atoms with van der Waals surface area (Å²) in [6.45, 7) is 23.2. The maximum Gasteiger partial charge on any atom is 0.335 e. The molecule has 0 saturated heterocycles. The lowest BCUT2D eigenvalue weighted by Gasteiger charge is -2.19. The van der Waals surface area contributed by atoms with Crippen LogP contribution in [0.5, 0.6) is 0 Å². The van der Waals surface area contributed by atoms with Gasteiger partial charge in [-0.05, 0) is 145 Å². The minimum Gasteiger partial charge on any atom is -0.478 e. The van der Waals surface area contributed by atoms with Crippen LogP contribution in [-0.4, -0.2) is 11.1 Å². The molecular weight excluding hydrogens is 488 g/mol. The van der Waals surface area contributed by atoms with Crippen LogP contribution in [0.25, 0.3) is 0 Å². The summed E-state index contributed by atoms with van der Waals surface area (Å²) in [6, 6.07) is 5.11. The highest BCUT2D eigenvalue weighted by molar-refractivity contribution is 5.87. The Bertz CT molecular complexity index is 982. The Morgan fingerprint density at radius 1 is 0.850 bits per heavy atom. The first-order chi connectivity index (χ1) is 18.8. The van der Waals surface area contributed by atoms with E-state index < -0.39 is 5.97 Å². The minimum absolute atomic E-state index is 0.355. The second-order valence-electron chi connectivity index (χ2n) is 12.8. The Hall–Kier alpha value is -2.35. The van der Waals surface area contributed by atoms with Crippen molar-refractivity contribution in [3.05, 3.63) is 82.5 Å². The van der Waals surface area contributed by atoms with Crippen molar-refractivity contribution in [1.82, 2.24) is 0 Å². The van der Waals surface area contributed by atoms with Crippen molar-refractivity contribution in [3.8, 4) is 0 Å². The standard InChI is InChI=1S/C9H10O2.C8H12.2C8H14.C5H10/c1-6-3-4-8(9(10)11)5-7(6)2;1-6-4-7-2-3-8(6)5-7;2*1-7-5-3-4-6-8(7)2;1-4-5(2)3/h3-5H,1-2H3,(H,10,11);2-3,6-8H,4-5H2,1H3;3-6H2,1-2H3;3-4,7-8H,5-6H2,1-2H3;2,4H2,1,3H3. The molecule has 4 aliphatic carbocycles. The third-order valence-electron chi connectivity index (χ3n) is 9.20. The summed E-state index contributed by atoms with van der Waals surface area (Å²) in [5, 5.41) is 8.60. The van der Waals surface area contributed by atoms with E-state index in [1.165, 1.54) is 56.9 Å². The van der Waals surface area contributed by atoms with E-state index in [2.05, 4.69) is 72.4 Å². The first-order valence-electron chi connectivity index (χ1n) is 15.8. The van der Waals surface area contributed by atoms with Gasteiger partial charge in [0, 0.05) is 0 Å². The average molecular weight is 549 g/mol. The summed E-state index contributed by atoms with van der Waals surface area (Å²) in [5.41, 5.74) is 7.02. The molecule has 5 rings (SSSR count). The Balaban J connectivity index is 0.000000255. The zero-order valence-corrected chi connectivity index (χ0v) is 27.4. The summed E-state index contributed by atoms with van der Waals surface area (Å²) in [7, 11) is 0. The van der Waals surface area contributed by atoms with Gasteiger partial charge in [0.1, 0.15) is 0 Å². The smallest absolute Gasteiger partial charge is 0.335 e. The van der Waals surface area contributed by atoms with E-state index >= 15 is 0 Å². The van der Waals surface area contributed by atoms with Crippen LogP contribution in [-0.2, 0) is 0 Å². The molecule has 40 heavy (non-hydrogen) atoms. The molecule has 4 aliphatic rings. The van der Waals surface area contributed by atoms with Gasteiger partial charge in [0.15, 0.2) is 0 Å². The molecular formula is C38H60O2. The molecule has 1 N–H and O–H groups in total.